The summed E-state index contributed by atoms with van der Waals surface area (Å²) in [5, 5.41) is 4.00. The summed E-state index contributed by atoms with van der Waals surface area (Å²) in [5.74, 6) is -1.37. The Hall–Kier alpha value is -3.00. The number of carbonyl (C=O) groups is 3. The number of benzene rings is 2. The van der Waals surface area contributed by atoms with Crippen molar-refractivity contribution in [3.63, 3.8) is 0 Å². The van der Waals surface area contributed by atoms with Gasteiger partial charge in [-0.25, -0.2) is 9.69 Å². The average Bonchev–Trinajstić information content (AvgIpc) is 3.22. The monoisotopic (exact) mass is 441 g/mol. The first-order valence-corrected chi connectivity index (χ1v) is 9.46. The zero-order chi connectivity index (χ0) is 19.7. The summed E-state index contributed by atoms with van der Waals surface area (Å²) in [7, 11) is 0. The number of nitrogens with zero attached hydrogens (tertiary/aromatic N) is 2. The van der Waals surface area contributed by atoms with E-state index in [0.717, 1.165) is 14.9 Å². The van der Waals surface area contributed by atoms with Gasteiger partial charge in [0.15, 0.2) is 0 Å². The van der Waals surface area contributed by atoms with Crippen LogP contribution >= 0.6 is 15.9 Å². The number of amides is 2. The molecule has 0 aliphatic carbocycles. The molecule has 2 aromatic carbocycles. The summed E-state index contributed by atoms with van der Waals surface area (Å²) in [6, 6.07) is 16.2. The van der Waals surface area contributed by atoms with Crippen LogP contribution in [0.4, 0.5) is 5.69 Å². The fraction of sp³-hybridized carbons (Fsp3) is 0.200. The van der Waals surface area contributed by atoms with E-state index in [4.69, 9.17) is 4.74 Å². The van der Waals surface area contributed by atoms with Gasteiger partial charge in [0.05, 0.1) is 12.1 Å². The number of imide groups is 1. The Labute approximate surface area is 169 Å². The van der Waals surface area contributed by atoms with E-state index in [1.165, 1.54) is 0 Å². The number of hydrogen-bond donors (Lipinski definition) is 1. The molecule has 4 rings (SSSR count). The smallest absolute Gasteiger partial charge is 0.354 e. The highest BCUT2D eigenvalue weighted by Gasteiger charge is 2.56. The highest BCUT2D eigenvalue weighted by atomic mass is 79.9. The molecule has 28 heavy (non-hydrogen) atoms. The number of hydrazone groups is 1. The van der Waals surface area contributed by atoms with Crippen molar-refractivity contribution < 1.29 is 19.1 Å². The molecular weight excluding hydrogens is 426 g/mol. The van der Waals surface area contributed by atoms with Crippen LogP contribution in [0.1, 0.15) is 18.4 Å². The Morgan fingerprint density at radius 2 is 1.93 bits per heavy atom. The van der Waals surface area contributed by atoms with Crippen LogP contribution in [0.5, 0.6) is 0 Å². The Balaban J connectivity index is 1.45. The molecule has 1 N–H and O–H groups in total. The predicted molar refractivity (Wildman–Crippen MR) is 105 cm³/mol. The molecular formula is C20H16BrN3O4. The molecule has 0 unspecified atom stereocenters. The standard InChI is InChI=1S/C20H16BrN3O4/c21-14-7-4-8-15(9-14)24-17(25)11-20(19(24)27)10-16(22-23-20)18(26)28-12-13-5-2-1-3-6-13/h1-9,23H,10-12H2/t20-/m0/s1. The summed E-state index contributed by atoms with van der Waals surface area (Å²) < 4.78 is 6.04. The topological polar surface area (TPSA) is 88.1 Å². The van der Waals surface area contributed by atoms with Crippen LogP contribution in [0.2, 0.25) is 0 Å². The first kappa shape index (κ1) is 18.4. The van der Waals surface area contributed by atoms with Crippen molar-refractivity contribution in [3.05, 3.63) is 64.6 Å². The van der Waals surface area contributed by atoms with Crippen molar-refractivity contribution >= 4 is 45.1 Å². The van der Waals surface area contributed by atoms with Crippen LogP contribution in [-0.4, -0.2) is 29.0 Å². The highest BCUT2D eigenvalue weighted by Crippen LogP contribution is 2.35. The van der Waals surface area contributed by atoms with Crippen LogP contribution in [0, 0.1) is 0 Å². The van der Waals surface area contributed by atoms with E-state index < -0.39 is 17.4 Å². The molecule has 2 aliphatic heterocycles. The van der Waals surface area contributed by atoms with Crippen molar-refractivity contribution in [2.24, 2.45) is 5.10 Å². The van der Waals surface area contributed by atoms with Crippen molar-refractivity contribution in [2.45, 2.75) is 25.0 Å². The van der Waals surface area contributed by atoms with Gasteiger partial charge in [0.2, 0.25) is 5.91 Å². The molecule has 2 heterocycles. The minimum atomic E-state index is -1.24. The van der Waals surface area contributed by atoms with E-state index in [-0.39, 0.29) is 31.1 Å². The number of rotatable bonds is 4. The third-order valence-corrected chi connectivity index (χ3v) is 5.20. The van der Waals surface area contributed by atoms with Crippen LogP contribution in [0.15, 0.2) is 64.2 Å². The fourth-order valence-electron chi connectivity index (χ4n) is 3.31. The largest absolute Gasteiger partial charge is 0.456 e. The Morgan fingerprint density at radius 3 is 2.68 bits per heavy atom. The number of hydrogen-bond acceptors (Lipinski definition) is 6. The van der Waals surface area contributed by atoms with Gasteiger partial charge in [0.25, 0.3) is 5.91 Å². The van der Waals surface area contributed by atoms with Gasteiger partial charge in [0, 0.05) is 10.9 Å². The lowest BCUT2D eigenvalue weighted by molar-refractivity contribution is -0.136. The normalized spacial score (nSPS) is 21.0. The lowest BCUT2D eigenvalue weighted by Gasteiger charge is -2.21. The Morgan fingerprint density at radius 1 is 1.14 bits per heavy atom. The average molecular weight is 442 g/mol. The highest BCUT2D eigenvalue weighted by molar-refractivity contribution is 9.10. The van der Waals surface area contributed by atoms with Crippen LogP contribution in [0.25, 0.3) is 0 Å². The molecule has 1 atom stereocenters. The fourth-order valence-corrected chi connectivity index (χ4v) is 3.69. The number of esters is 1. The van der Waals surface area contributed by atoms with Crippen LogP contribution < -0.4 is 10.3 Å². The molecule has 1 saturated heterocycles. The van der Waals surface area contributed by atoms with Gasteiger partial charge >= 0.3 is 5.97 Å². The number of halogens is 1. The molecule has 1 spiro atoms. The maximum Gasteiger partial charge on any atom is 0.354 e. The second kappa shape index (κ2) is 7.20. The van der Waals surface area contributed by atoms with Crippen molar-refractivity contribution in [2.75, 3.05) is 4.90 Å². The van der Waals surface area contributed by atoms with E-state index in [0.29, 0.717) is 5.69 Å². The summed E-state index contributed by atoms with van der Waals surface area (Å²) >= 11 is 3.34. The molecule has 8 heteroatoms. The Bertz CT molecular complexity index is 992. The van der Waals surface area contributed by atoms with E-state index in [9.17, 15) is 14.4 Å². The predicted octanol–water partition coefficient (Wildman–Crippen LogP) is 2.54. The zero-order valence-electron chi connectivity index (χ0n) is 14.7. The SMILES string of the molecule is O=C(OCc1ccccc1)C1=NN[C@]2(CC(=O)N(c3cccc(Br)c3)C2=O)C1. The van der Waals surface area contributed by atoms with Crippen molar-refractivity contribution in [3.8, 4) is 0 Å². The summed E-state index contributed by atoms with van der Waals surface area (Å²) in [4.78, 5) is 39.0. The molecule has 0 bridgehead atoms. The van der Waals surface area contributed by atoms with Crippen LogP contribution in [0.3, 0.4) is 0 Å². The number of nitrogens with one attached hydrogen (secondary N) is 1. The second-order valence-corrected chi connectivity index (χ2v) is 7.60. The van der Waals surface area contributed by atoms with Gasteiger partial charge in [0.1, 0.15) is 17.9 Å². The molecule has 0 saturated carbocycles. The first-order chi connectivity index (χ1) is 13.5. The number of ether oxygens (including phenoxy) is 1. The number of carbonyl (C=O) groups excluding carboxylic acids is 3. The third kappa shape index (κ3) is 3.31. The van der Waals surface area contributed by atoms with E-state index in [1.807, 2.05) is 36.4 Å². The van der Waals surface area contributed by atoms with E-state index in [1.54, 1.807) is 18.2 Å². The Kier molecular flexibility index (Phi) is 4.72. The van der Waals surface area contributed by atoms with Gasteiger partial charge in [-0.15, -0.1) is 0 Å². The molecule has 2 aliphatic rings. The number of anilines is 1. The summed E-state index contributed by atoms with van der Waals surface area (Å²) in [5.41, 5.74) is 2.92. The molecule has 7 nitrogen and oxygen atoms in total. The van der Waals surface area contributed by atoms with E-state index >= 15 is 0 Å². The van der Waals surface area contributed by atoms with Gasteiger partial charge < -0.3 is 4.74 Å². The maximum atomic E-state index is 13.0. The summed E-state index contributed by atoms with van der Waals surface area (Å²) in [6.07, 6.45) is -0.0625. The second-order valence-electron chi connectivity index (χ2n) is 6.68. The maximum absolute atomic E-state index is 13.0. The summed E-state index contributed by atoms with van der Waals surface area (Å²) in [6.45, 7) is 0.114. The molecule has 0 radical (unpaired) electrons. The van der Waals surface area contributed by atoms with Gasteiger partial charge in [-0.1, -0.05) is 52.3 Å². The van der Waals surface area contributed by atoms with Gasteiger partial charge in [-0.05, 0) is 23.8 Å². The minimum absolute atomic E-state index is 0.00962. The molecule has 2 amide bonds. The van der Waals surface area contributed by atoms with Gasteiger partial charge in [-0.3, -0.25) is 15.0 Å². The molecule has 1 fully saturated rings. The zero-order valence-corrected chi connectivity index (χ0v) is 16.3. The van der Waals surface area contributed by atoms with Crippen LogP contribution in [-0.2, 0) is 25.7 Å². The van der Waals surface area contributed by atoms with E-state index in [2.05, 4.69) is 26.5 Å². The third-order valence-electron chi connectivity index (χ3n) is 4.70. The van der Waals surface area contributed by atoms with Gasteiger partial charge in [-0.2, -0.15) is 5.10 Å². The first-order valence-electron chi connectivity index (χ1n) is 8.66. The molecule has 142 valence electrons. The lowest BCUT2D eigenvalue weighted by Crippen LogP contribution is -2.47. The lowest BCUT2D eigenvalue weighted by atomic mass is 9.93. The quantitative estimate of drug-likeness (QED) is 0.581. The van der Waals surface area contributed by atoms with Crippen molar-refractivity contribution in [1.82, 2.24) is 5.43 Å². The molecule has 0 aromatic heterocycles. The minimum Gasteiger partial charge on any atom is -0.456 e. The molecule has 2 aromatic rings. The van der Waals surface area contributed by atoms with Crippen molar-refractivity contribution in [1.29, 1.82) is 0 Å².